The maximum Gasteiger partial charge on any atom is 0.295 e. The summed E-state index contributed by atoms with van der Waals surface area (Å²) in [5.74, 6) is 0.102. The van der Waals surface area contributed by atoms with E-state index in [1.807, 2.05) is 70.1 Å². The summed E-state index contributed by atoms with van der Waals surface area (Å²) in [4.78, 5) is 29.8. The fourth-order valence-electron chi connectivity index (χ4n) is 4.22. The summed E-state index contributed by atoms with van der Waals surface area (Å²) >= 11 is 0. The third-order valence-corrected chi connectivity index (χ3v) is 6.12. The molecule has 1 atom stereocenters. The molecule has 1 fully saturated rings. The van der Waals surface area contributed by atoms with E-state index in [9.17, 15) is 14.7 Å². The van der Waals surface area contributed by atoms with Gasteiger partial charge in [-0.2, -0.15) is 0 Å². The van der Waals surface area contributed by atoms with Crippen LogP contribution in [0.3, 0.4) is 0 Å². The monoisotopic (exact) mass is 480 g/mol. The van der Waals surface area contributed by atoms with Gasteiger partial charge in [-0.15, -0.1) is 0 Å². The van der Waals surface area contributed by atoms with Crippen molar-refractivity contribution in [3.8, 4) is 11.5 Å². The molecule has 1 N–H and O–H groups in total. The number of Topliss-reactive ketones (excluding diaryl/α,β-unsaturated/α-hetero) is 1. The summed E-state index contributed by atoms with van der Waals surface area (Å²) in [6.45, 7) is 7.65. The van der Waals surface area contributed by atoms with E-state index in [0.717, 1.165) is 23.3 Å². The molecule has 188 valence electrons. The first-order chi connectivity index (χ1) is 16.7. The highest BCUT2D eigenvalue weighted by atomic mass is 16.5. The fraction of sp³-hybridized carbons (Fsp3) is 0.429. The van der Waals surface area contributed by atoms with Crippen LogP contribution < -0.4 is 9.47 Å². The lowest BCUT2D eigenvalue weighted by Crippen LogP contribution is -2.35. The number of likely N-dealkylation sites (tertiary alicyclic amines) is 1. The van der Waals surface area contributed by atoms with Crippen molar-refractivity contribution < 1.29 is 24.2 Å². The van der Waals surface area contributed by atoms with Gasteiger partial charge in [0.15, 0.2) is 0 Å². The van der Waals surface area contributed by atoms with E-state index in [0.29, 0.717) is 31.0 Å². The van der Waals surface area contributed by atoms with Gasteiger partial charge in [0, 0.05) is 18.7 Å². The zero-order chi connectivity index (χ0) is 25.7. The van der Waals surface area contributed by atoms with Crippen molar-refractivity contribution in [2.75, 3.05) is 40.9 Å². The molecule has 1 aliphatic heterocycles. The fourth-order valence-corrected chi connectivity index (χ4v) is 4.22. The molecule has 7 heteroatoms. The molecular weight excluding hydrogens is 444 g/mol. The molecule has 1 saturated heterocycles. The number of hydrogen-bond acceptors (Lipinski definition) is 6. The minimum atomic E-state index is -0.695. The average Bonchev–Trinajstić information content (AvgIpc) is 3.10. The summed E-state index contributed by atoms with van der Waals surface area (Å²) in [6, 6.07) is 12.0. The molecule has 1 amide bonds. The number of hydrogen-bond donors (Lipinski definition) is 1. The molecule has 0 saturated carbocycles. The molecule has 35 heavy (non-hydrogen) atoms. The predicted molar refractivity (Wildman–Crippen MR) is 137 cm³/mol. The lowest BCUT2D eigenvalue weighted by Gasteiger charge is -2.26. The average molecular weight is 481 g/mol. The van der Waals surface area contributed by atoms with Gasteiger partial charge in [0.05, 0.1) is 25.3 Å². The molecule has 2 aromatic rings. The van der Waals surface area contributed by atoms with E-state index >= 15 is 0 Å². The summed E-state index contributed by atoms with van der Waals surface area (Å²) in [7, 11) is 5.43. The Morgan fingerprint density at radius 1 is 1.11 bits per heavy atom. The van der Waals surface area contributed by atoms with Crippen molar-refractivity contribution in [2.24, 2.45) is 0 Å². The van der Waals surface area contributed by atoms with Gasteiger partial charge in [-0.25, -0.2) is 0 Å². The molecule has 1 aliphatic rings. The van der Waals surface area contributed by atoms with Crippen molar-refractivity contribution in [2.45, 2.75) is 39.2 Å². The molecule has 0 radical (unpaired) electrons. The van der Waals surface area contributed by atoms with E-state index in [1.54, 1.807) is 24.1 Å². The molecule has 7 nitrogen and oxygen atoms in total. The first kappa shape index (κ1) is 26.3. The van der Waals surface area contributed by atoms with Crippen molar-refractivity contribution in [1.82, 2.24) is 9.80 Å². The Morgan fingerprint density at radius 2 is 1.80 bits per heavy atom. The largest absolute Gasteiger partial charge is 0.507 e. The normalized spacial score (nSPS) is 17.5. The van der Waals surface area contributed by atoms with Crippen LogP contribution in [-0.2, 0) is 9.59 Å². The quantitative estimate of drug-likeness (QED) is 0.304. The third kappa shape index (κ3) is 5.68. The maximum absolute atomic E-state index is 13.2. The van der Waals surface area contributed by atoms with Gasteiger partial charge in [-0.1, -0.05) is 32.9 Å². The van der Waals surface area contributed by atoms with Crippen LogP contribution in [0.2, 0.25) is 0 Å². The van der Waals surface area contributed by atoms with Gasteiger partial charge < -0.3 is 24.4 Å². The number of carbonyl (C=O) groups is 2. The lowest BCUT2D eigenvalue weighted by atomic mass is 9.93. The van der Waals surface area contributed by atoms with Gasteiger partial charge in [0.1, 0.15) is 17.3 Å². The third-order valence-electron chi connectivity index (χ3n) is 6.12. The van der Waals surface area contributed by atoms with Crippen LogP contribution in [0.4, 0.5) is 0 Å². The molecule has 0 bridgehead atoms. The van der Waals surface area contributed by atoms with E-state index in [-0.39, 0.29) is 17.3 Å². The highest BCUT2D eigenvalue weighted by molar-refractivity contribution is 6.46. The van der Waals surface area contributed by atoms with Gasteiger partial charge in [0.2, 0.25) is 0 Å². The van der Waals surface area contributed by atoms with Crippen molar-refractivity contribution >= 4 is 17.4 Å². The second kappa shape index (κ2) is 11.4. The second-order valence-corrected chi connectivity index (χ2v) is 9.32. The Kier molecular flexibility index (Phi) is 8.57. The highest BCUT2D eigenvalue weighted by Gasteiger charge is 2.46. The van der Waals surface area contributed by atoms with Crippen LogP contribution in [0.25, 0.3) is 5.76 Å². The van der Waals surface area contributed by atoms with Gasteiger partial charge in [0.25, 0.3) is 11.7 Å². The zero-order valence-corrected chi connectivity index (χ0v) is 21.5. The number of methoxy groups -OCH3 is 1. The van der Waals surface area contributed by atoms with Crippen molar-refractivity contribution in [3.63, 3.8) is 0 Å². The SMILES string of the molecule is CCCOc1ccc(C2/C(=C(/O)c3ccc(OC)c(C(C)C)c3)C(=O)C(=O)N2CCN(C)C)cc1. The molecule has 3 rings (SSSR count). The zero-order valence-electron chi connectivity index (χ0n) is 21.5. The van der Waals surface area contributed by atoms with Crippen LogP contribution in [0, 0.1) is 0 Å². The number of carbonyl (C=O) groups excluding carboxylic acids is 2. The molecule has 0 aromatic heterocycles. The Balaban J connectivity index is 2.12. The maximum atomic E-state index is 13.2. The van der Waals surface area contributed by atoms with Crippen molar-refractivity contribution in [1.29, 1.82) is 0 Å². The summed E-state index contributed by atoms with van der Waals surface area (Å²) in [5, 5.41) is 11.4. The Labute approximate surface area is 207 Å². The molecule has 0 spiro atoms. The summed E-state index contributed by atoms with van der Waals surface area (Å²) < 4.78 is 11.2. The van der Waals surface area contributed by atoms with Crippen molar-refractivity contribution in [3.05, 3.63) is 64.7 Å². The lowest BCUT2D eigenvalue weighted by molar-refractivity contribution is -0.140. The van der Waals surface area contributed by atoms with Gasteiger partial charge >= 0.3 is 0 Å². The first-order valence-electron chi connectivity index (χ1n) is 12.0. The number of amides is 1. The van der Waals surface area contributed by atoms with E-state index in [4.69, 9.17) is 9.47 Å². The molecule has 0 aliphatic carbocycles. The van der Waals surface area contributed by atoms with Crippen LogP contribution in [0.15, 0.2) is 48.0 Å². The van der Waals surface area contributed by atoms with Crippen LogP contribution >= 0.6 is 0 Å². The predicted octanol–water partition coefficient (Wildman–Crippen LogP) is 4.59. The number of ether oxygens (including phenoxy) is 2. The van der Waals surface area contributed by atoms with Crippen LogP contribution in [-0.4, -0.2) is 67.5 Å². The number of rotatable bonds is 10. The summed E-state index contributed by atoms with van der Waals surface area (Å²) in [6.07, 6.45) is 0.896. The van der Waals surface area contributed by atoms with E-state index < -0.39 is 17.7 Å². The number of benzene rings is 2. The Morgan fingerprint density at radius 3 is 2.37 bits per heavy atom. The standard InChI is InChI=1S/C28H36N2O5/c1-7-16-35-21-11-8-19(9-12-21)25-24(27(32)28(33)30(25)15-14-29(4)5)26(31)20-10-13-23(34-6)22(17-20)18(2)3/h8-13,17-18,25,31H,7,14-16H2,1-6H3/b26-24-. The first-order valence-corrected chi connectivity index (χ1v) is 12.0. The van der Waals surface area contributed by atoms with Gasteiger partial charge in [-0.05, 0) is 67.9 Å². The number of ketones is 1. The number of aliphatic hydroxyl groups is 1. The van der Waals surface area contributed by atoms with Crippen LogP contribution in [0.1, 0.15) is 55.8 Å². The topological polar surface area (TPSA) is 79.3 Å². The second-order valence-electron chi connectivity index (χ2n) is 9.32. The molecular formula is C28H36N2O5. The smallest absolute Gasteiger partial charge is 0.295 e. The molecule has 2 aromatic carbocycles. The number of aliphatic hydroxyl groups excluding tert-OH is 1. The molecule has 1 unspecified atom stereocenters. The van der Waals surface area contributed by atoms with Gasteiger partial charge in [-0.3, -0.25) is 9.59 Å². The minimum Gasteiger partial charge on any atom is -0.507 e. The van der Waals surface area contributed by atoms with Crippen LogP contribution in [0.5, 0.6) is 11.5 Å². The Bertz CT molecular complexity index is 1090. The molecule has 1 heterocycles. The van der Waals surface area contributed by atoms with E-state index in [1.165, 1.54) is 0 Å². The number of nitrogens with zero attached hydrogens (tertiary/aromatic N) is 2. The summed E-state index contributed by atoms with van der Waals surface area (Å²) in [5.41, 5.74) is 2.22. The minimum absolute atomic E-state index is 0.0934. The highest BCUT2D eigenvalue weighted by Crippen LogP contribution is 2.40. The number of likely N-dealkylation sites (N-methyl/N-ethyl adjacent to an activating group) is 1. The Hall–Kier alpha value is -3.32. The van der Waals surface area contributed by atoms with E-state index in [2.05, 4.69) is 0 Å².